The number of nitro benzene ring substituents is 1. The molecule has 0 saturated heterocycles. The van der Waals surface area contributed by atoms with Gasteiger partial charge in [-0.2, -0.15) is 0 Å². The van der Waals surface area contributed by atoms with Gasteiger partial charge in [0.2, 0.25) is 0 Å². The molecule has 1 heterocycles. The number of carbonyl (C=O) groups excluding carboxylic acids is 1. The molecule has 0 bridgehead atoms. The van der Waals surface area contributed by atoms with Gasteiger partial charge in [-0.3, -0.25) is 14.9 Å². The number of amides is 1. The third-order valence-corrected chi connectivity index (χ3v) is 3.21. The van der Waals surface area contributed by atoms with Gasteiger partial charge < -0.3 is 9.73 Å². The summed E-state index contributed by atoms with van der Waals surface area (Å²) in [5, 5.41) is 13.8. The summed E-state index contributed by atoms with van der Waals surface area (Å²) >= 11 is 0. The first-order chi connectivity index (χ1) is 11.0. The van der Waals surface area contributed by atoms with Gasteiger partial charge in [-0.15, -0.1) is 0 Å². The van der Waals surface area contributed by atoms with E-state index in [4.69, 9.17) is 4.42 Å². The standard InChI is InChI=1S/C16H10N2O5/c19-15(11-5-3-6-12(8-11)18(21)22)17-13-9-10-4-1-2-7-14(10)23-16(13)20/h1-9H,(H,17,19). The van der Waals surface area contributed by atoms with Crippen LogP contribution in [0, 0.1) is 10.1 Å². The molecule has 3 rings (SSSR count). The van der Waals surface area contributed by atoms with Crippen LogP contribution >= 0.6 is 0 Å². The lowest BCUT2D eigenvalue weighted by molar-refractivity contribution is -0.384. The lowest BCUT2D eigenvalue weighted by Crippen LogP contribution is -2.17. The van der Waals surface area contributed by atoms with Crippen LogP contribution in [0.2, 0.25) is 0 Å². The molecule has 0 aliphatic heterocycles. The van der Waals surface area contributed by atoms with Gasteiger partial charge in [0.15, 0.2) is 0 Å². The van der Waals surface area contributed by atoms with Crippen molar-refractivity contribution in [2.45, 2.75) is 0 Å². The van der Waals surface area contributed by atoms with E-state index in [0.717, 1.165) is 6.07 Å². The summed E-state index contributed by atoms with van der Waals surface area (Å²) in [6.07, 6.45) is 0. The zero-order valence-corrected chi connectivity index (χ0v) is 11.7. The second-order valence-electron chi connectivity index (χ2n) is 4.75. The molecule has 0 spiro atoms. The van der Waals surface area contributed by atoms with E-state index < -0.39 is 16.5 Å². The Morgan fingerprint density at radius 2 is 1.87 bits per heavy atom. The maximum Gasteiger partial charge on any atom is 0.360 e. The molecule has 1 aromatic heterocycles. The predicted octanol–water partition coefficient (Wildman–Crippen LogP) is 2.95. The number of nitrogens with one attached hydrogen (secondary N) is 1. The van der Waals surface area contributed by atoms with Crippen LogP contribution in [-0.4, -0.2) is 10.8 Å². The quantitative estimate of drug-likeness (QED) is 0.455. The van der Waals surface area contributed by atoms with E-state index in [1.54, 1.807) is 24.3 Å². The predicted molar refractivity (Wildman–Crippen MR) is 83.5 cm³/mol. The number of benzene rings is 2. The molecule has 114 valence electrons. The molecule has 0 aliphatic carbocycles. The summed E-state index contributed by atoms with van der Waals surface area (Å²) < 4.78 is 5.11. The number of hydrogen-bond donors (Lipinski definition) is 1. The molecule has 0 saturated carbocycles. The molecule has 7 nitrogen and oxygen atoms in total. The van der Waals surface area contributed by atoms with Gasteiger partial charge in [-0.25, -0.2) is 4.79 Å². The van der Waals surface area contributed by atoms with E-state index >= 15 is 0 Å². The van der Waals surface area contributed by atoms with Gasteiger partial charge in [-0.1, -0.05) is 24.3 Å². The van der Waals surface area contributed by atoms with Crippen molar-refractivity contribution in [3.63, 3.8) is 0 Å². The Balaban J connectivity index is 1.94. The van der Waals surface area contributed by atoms with Gasteiger partial charge in [-0.05, 0) is 18.2 Å². The van der Waals surface area contributed by atoms with Crippen LogP contribution in [0.15, 0.2) is 63.8 Å². The van der Waals surface area contributed by atoms with E-state index in [9.17, 15) is 19.7 Å². The molecule has 1 amide bonds. The molecule has 0 fully saturated rings. The molecular weight excluding hydrogens is 300 g/mol. The number of non-ortho nitro benzene ring substituents is 1. The molecular formula is C16H10N2O5. The molecule has 0 unspecified atom stereocenters. The zero-order valence-electron chi connectivity index (χ0n) is 11.7. The van der Waals surface area contributed by atoms with Crippen LogP contribution in [0.5, 0.6) is 0 Å². The number of rotatable bonds is 3. The van der Waals surface area contributed by atoms with Crippen LogP contribution in [0.1, 0.15) is 10.4 Å². The van der Waals surface area contributed by atoms with Gasteiger partial charge >= 0.3 is 5.63 Å². The normalized spacial score (nSPS) is 10.4. The number of hydrogen-bond acceptors (Lipinski definition) is 5. The van der Waals surface area contributed by atoms with Gasteiger partial charge in [0.1, 0.15) is 11.3 Å². The Morgan fingerprint density at radius 1 is 1.09 bits per heavy atom. The second-order valence-corrected chi connectivity index (χ2v) is 4.75. The Bertz CT molecular complexity index is 977. The topological polar surface area (TPSA) is 102 Å². The minimum Gasteiger partial charge on any atom is -0.421 e. The highest BCUT2D eigenvalue weighted by Crippen LogP contribution is 2.17. The lowest BCUT2D eigenvalue weighted by Gasteiger charge is -2.05. The Kier molecular flexibility index (Phi) is 3.60. The van der Waals surface area contributed by atoms with Crippen molar-refractivity contribution in [1.82, 2.24) is 0 Å². The Morgan fingerprint density at radius 3 is 2.65 bits per heavy atom. The summed E-state index contributed by atoms with van der Waals surface area (Å²) in [6.45, 7) is 0. The van der Waals surface area contributed by atoms with Gasteiger partial charge in [0, 0.05) is 23.1 Å². The summed E-state index contributed by atoms with van der Waals surface area (Å²) in [4.78, 5) is 34.2. The second kappa shape index (κ2) is 5.72. The van der Waals surface area contributed by atoms with E-state index in [-0.39, 0.29) is 16.9 Å². The largest absolute Gasteiger partial charge is 0.421 e. The highest BCUT2D eigenvalue weighted by Gasteiger charge is 2.14. The third kappa shape index (κ3) is 2.93. The zero-order chi connectivity index (χ0) is 16.4. The smallest absolute Gasteiger partial charge is 0.360 e. The molecule has 0 aliphatic rings. The summed E-state index contributed by atoms with van der Waals surface area (Å²) in [5.41, 5.74) is -0.441. The van der Waals surface area contributed by atoms with E-state index in [1.165, 1.54) is 24.3 Å². The molecule has 1 N–H and O–H groups in total. The lowest BCUT2D eigenvalue weighted by atomic mass is 10.2. The Labute approximate surface area is 129 Å². The summed E-state index contributed by atoms with van der Waals surface area (Å²) in [7, 11) is 0. The number of carbonyl (C=O) groups is 1. The highest BCUT2D eigenvalue weighted by molar-refractivity contribution is 6.05. The molecule has 23 heavy (non-hydrogen) atoms. The maximum atomic E-state index is 12.2. The van der Waals surface area contributed by atoms with E-state index in [1.807, 2.05) is 0 Å². The fraction of sp³-hybridized carbons (Fsp3) is 0. The van der Waals surface area contributed by atoms with Crippen molar-refractivity contribution in [2.24, 2.45) is 0 Å². The fourth-order valence-corrected chi connectivity index (χ4v) is 2.10. The summed E-state index contributed by atoms with van der Waals surface area (Å²) in [5.74, 6) is -0.628. The van der Waals surface area contributed by atoms with Crippen molar-refractivity contribution in [3.8, 4) is 0 Å². The molecule has 0 atom stereocenters. The average Bonchev–Trinajstić information content (AvgIpc) is 2.55. The monoisotopic (exact) mass is 310 g/mol. The van der Waals surface area contributed by atoms with Crippen LogP contribution in [-0.2, 0) is 0 Å². The molecule has 3 aromatic rings. The van der Waals surface area contributed by atoms with Crippen LogP contribution in [0.25, 0.3) is 11.0 Å². The van der Waals surface area contributed by atoms with Crippen LogP contribution < -0.4 is 10.9 Å². The van der Waals surface area contributed by atoms with E-state index in [2.05, 4.69) is 5.32 Å². The Hall–Kier alpha value is -3.48. The van der Waals surface area contributed by atoms with Crippen molar-refractivity contribution in [2.75, 3.05) is 5.32 Å². The van der Waals surface area contributed by atoms with Crippen LogP contribution in [0.3, 0.4) is 0 Å². The number of anilines is 1. The highest BCUT2D eigenvalue weighted by atomic mass is 16.6. The summed E-state index contributed by atoms with van der Waals surface area (Å²) in [6, 6.07) is 13.6. The number of fused-ring (bicyclic) bond motifs is 1. The maximum absolute atomic E-state index is 12.2. The SMILES string of the molecule is O=C(Nc1cc2ccccc2oc1=O)c1cccc([N+](=O)[O-])c1. The minimum absolute atomic E-state index is 0.0276. The van der Waals surface area contributed by atoms with Crippen LogP contribution in [0.4, 0.5) is 11.4 Å². The van der Waals surface area contributed by atoms with E-state index in [0.29, 0.717) is 11.0 Å². The van der Waals surface area contributed by atoms with Crippen molar-refractivity contribution in [3.05, 3.63) is 80.7 Å². The molecule has 2 aromatic carbocycles. The van der Waals surface area contributed by atoms with Crippen molar-refractivity contribution < 1.29 is 14.1 Å². The van der Waals surface area contributed by atoms with Gasteiger partial charge in [0.05, 0.1) is 4.92 Å². The fourth-order valence-electron chi connectivity index (χ4n) is 2.10. The number of nitrogens with zero attached hydrogens (tertiary/aromatic N) is 1. The molecule has 0 radical (unpaired) electrons. The minimum atomic E-state index is -0.692. The third-order valence-electron chi connectivity index (χ3n) is 3.21. The molecule has 7 heteroatoms. The first-order valence-electron chi connectivity index (χ1n) is 6.63. The average molecular weight is 310 g/mol. The first-order valence-corrected chi connectivity index (χ1v) is 6.63. The van der Waals surface area contributed by atoms with Crippen molar-refractivity contribution in [1.29, 1.82) is 0 Å². The van der Waals surface area contributed by atoms with Crippen molar-refractivity contribution >= 4 is 28.3 Å². The number of para-hydroxylation sites is 1. The number of nitro groups is 1. The van der Waals surface area contributed by atoms with Gasteiger partial charge in [0.25, 0.3) is 11.6 Å². The first kappa shape index (κ1) is 14.5.